The average molecular weight is 945 g/mol. The van der Waals surface area contributed by atoms with Gasteiger partial charge in [0.15, 0.2) is 0 Å². The lowest BCUT2D eigenvalue weighted by Gasteiger charge is -2.29. The number of hydrogen-bond acceptors (Lipinski definition) is 2. The highest BCUT2D eigenvalue weighted by Crippen LogP contribution is 2.56. The van der Waals surface area contributed by atoms with Crippen LogP contribution in [0, 0.1) is 0 Å². The van der Waals surface area contributed by atoms with Crippen LogP contribution in [0.25, 0.3) is 134 Å². The highest BCUT2D eigenvalue weighted by molar-refractivity contribution is 6.15. The van der Waals surface area contributed by atoms with E-state index in [1.54, 1.807) is 0 Å². The van der Waals surface area contributed by atoms with Gasteiger partial charge in [0.1, 0.15) is 0 Å². The van der Waals surface area contributed by atoms with Gasteiger partial charge in [0.25, 0.3) is 0 Å². The van der Waals surface area contributed by atoms with E-state index in [0.29, 0.717) is 0 Å². The zero-order chi connectivity index (χ0) is 48.7. The molecule has 0 unspecified atom stereocenters. The Morgan fingerprint density at radius 2 is 0.527 bits per heavy atom. The predicted molar refractivity (Wildman–Crippen MR) is 305 cm³/mol. The zero-order valence-corrected chi connectivity index (χ0v) is 40.1. The molecule has 15 aromatic rings. The molecule has 0 aliphatic rings. The van der Waals surface area contributed by atoms with Gasteiger partial charge in [-0.1, -0.05) is 194 Å². The Labute approximate surface area is 426 Å². The molecule has 0 atom stereocenters. The molecule has 0 aliphatic carbocycles. The molecular formula is C68H44N6. The fourth-order valence-corrected chi connectivity index (χ4v) is 11.7. The molecule has 346 valence electrons. The largest absolute Gasteiger partial charge is 0.278 e. The predicted octanol–water partition coefficient (Wildman–Crippen LogP) is 17.2. The number of benzene rings is 11. The van der Waals surface area contributed by atoms with Crippen LogP contribution in [0.1, 0.15) is 0 Å². The van der Waals surface area contributed by atoms with Crippen LogP contribution in [0.15, 0.2) is 267 Å². The minimum atomic E-state index is 0.875. The Hall–Kier alpha value is -10.0. The molecule has 15 rings (SSSR count). The molecule has 0 amide bonds. The third-order valence-electron chi connectivity index (χ3n) is 14.8. The second-order valence-corrected chi connectivity index (χ2v) is 18.9. The molecule has 4 aromatic heterocycles. The maximum Gasteiger partial charge on any atom is 0.220 e. The van der Waals surface area contributed by atoms with E-state index in [9.17, 15) is 0 Å². The molecule has 0 saturated heterocycles. The molecule has 0 saturated carbocycles. The highest BCUT2D eigenvalue weighted by atomic mass is 15.2. The van der Waals surface area contributed by atoms with E-state index in [1.807, 2.05) is 0 Å². The summed E-state index contributed by atoms with van der Waals surface area (Å²) in [6, 6.07) is 96.3. The van der Waals surface area contributed by atoms with Crippen LogP contribution >= 0.6 is 0 Å². The number of nitrogens with zero attached hydrogens (tertiary/aromatic N) is 6. The normalized spacial score (nSPS) is 11.8. The quantitative estimate of drug-likeness (QED) is 0.152. The summed E-state index contributed by atoms with van der Waals surface area (Å²) < 4.78 is 9.19. The van der Waals surface area contributed by atoms with Crippen molar-refractivity contribution in [3.8, 4) is 78.1 Å². The van der Waals surface area contributed by atoms with Crippen molar-refractivity contribution < 1.29 is 0 Å². The lowest BCUT2D eigenvalue weighted by Crippen LogP contribution is -2.03. The maximum absolute atomic E-state index is 5.30. The second kappa shape index (κ2) is 16.8. The van der Waals surface area contributed by atoms with Crippen molar-refractivity contribution in [3.63, 3.8) is 0 Å². The summed E-state index contributed by atoms with van der Waals surface area (Å²) in [7, 11) is 0. The molecule has 0 radical (unpaired) electrons. The number of imidazole rings is 4. The molecule has 0 aliphatic heterocycles. The third-order valence-corrected chi connectivity index (χ3v) is 14.8. The zero-order valence-electron chi connectivity index (χ0n) is 40.1. The van der Waals surface area contributed by atoms with Gasteiger partial charge in [-0.3, -0.25) is 17.9 Å². The summed E-state index contributed by atoms with van der Waals surface area (Å²) in [5.41, 5.74) is 24.2. The van der Waals surface area contributed by atoms with Gasteiger partial charge in [0.2, 0.25) is 11.6 Å². The fourth-order valence-electron chi connectivity index (χ4n) is 11.7. The van der Waals surface area contributed by atoms with Crippen LogP contribution in [0.2, 0.25) is 0 Å². The van der Waals surface area contributed by atoms with E-state index in [2.05, 4.69) is 285 Å². The van der Waals surface area contributed by atoms with E-state index in [1.165, 1.54) is 0 Å². The van der Waals surface area contributed by atoms with E-state index >= 15 is 0 Å². The van der Waals surface area contributed by atoms with Gasteiger partial charge < -0.3 is 0 Å². The van der Waals surface area contributed by atoms with Crippen molar-refractivity contribution in [3.05, 3.63) is 267 Å². The molecule has 0 N–H and O–H groups in total. The molecule has 74 heavy (non-hydrogen) atoms. The topological polar surface area (TPSA) is 44.5 Å². The summed E-state index contributed by atoms with van der Waals surface area (Å²) in [5.74, 6) is 1.76. The summed E-state index contributed by atoms with van der Waals surface area (Å²) in [4.78, 5) is 10.5. The Morgan fingerprint density at radius 1 is 0.216 bits per heavy atom. The Kier molecular flexibility index (Phi) is 9.47. The number of fused-ring (bicyclic) bond motifs is 10. The van der Waals surface area contributed by atoms with Crippen molar-refractivity contribution in [1.29, 1.82) is 0 Å². The summed E-state index contributed by atoms with van der Waals surface area (Å²) in [6.07, 6.45) is 0. The smallest absolute Gasteiger partial charge is 0.220 e. The first kappa shape index (κ1) is 41.7. The van der Waals surface area contributed by atoms with Crippen molar-refractivity contribution in [2.45, 2.75) is 0 Å². The van der Waals surface area contributed by atoms with Gasteiger partial charge in [0, 0.05) is 11.4 Å². The van der Waals surface area contributed by atoms with Crippen molar-refractivity contribution in [2.24, 2.45) is 0 Å². The van der Waals surface area contributed by atoms with Gasteiger partial charge in [-0.05, 0) is 140 Å². The lowest BCUT2D eigenvalue weighted by molar-refractivity contribution is 1.11. The van der Waals surface area contributed by atoms with E-state index in [0.717, 1.165) is 134 Å². The fraction of sp³-hybridized carbons (Fsp3) is 0. The summed E-state index contributed by atoms with van der Waals surface area (Å²) in [5, 5.41) is 0. The number of aromatic nitrogens is 6. The second-order valence-electron chi connectivity index (χ2n) is 18.9. The lowest BCUT2D eigenvalue weighted by atomic mass is 9.74. The van der Waals surface area contributed by atoms with Gasteiger partial charge in [0.05, 0.1) is 44.1 Å². The monoisotopic (exact) mass is 944 g/mol. The van der Waals surface area contributed by atoms with Gasteiger partial charge in [-0.15, -0.1) is 0 Å². The maximum atomic E-state index is 5.30. The Morgan fingerprint density at radius 3 is 0.946 bits per heavy atom. The van der Waals surface area contributed by atoms with Crippen LogP contribution in [-0.2, 0) is 0 Å². The number of para-hydroxylation sites is 8. The SMILES string of the molecule is c1ccc(-c2c(-c3ccc(-n4c5ccccc5n5c6ccccc6nc45)cc3)c(-c3ccccc3)c(-c3ccccc3)c(-c3cccc(-n4c5ccccc5n5c6ccccc6nc45)c3)c2-c2ccccc2)cc1. The van der Waals surface area contributed by atoms with E-state index in [4.69, 9.17) is 9.97 Å². The standard InChI is InChI=1S/C68H44N6/c1-5-22-45(23-6-1)61-63(47-26-9-3-10-27-47)66(50-30-21-31-52(44-50)72-58-37-18-20-39-60(58)74-56-35-16-14-33-54(56)70-68(72)74)64(48-28-11-4-12-29-48)62(46-24-7-2-8-25-46)65(61)49-40-42-51(43-41-49)71-57-36-17-19-38-59(57)73-55-34-15-13-32-53(55)69-67(71)73/h1-44H. The van der Waals surface area contributed by atoms with Crippen LogP contribution in [0.4, 0.5) is 0 Å². The Bertz CT molecular complexity index is 4510. The number of rotatable bonds is 8. The Balaban J connectivity index is 1.06. The molecule has 11 aromatic carbocycles. The highest BCUT2D eigenvalue weighted by Gasteiger charge is 2.30. The minimum Gasteiger partial charge on any atom is -0.278 e. The minimum absolute atomic E-state index is 0.875. The van der Waals surface area contributed by atoms with Gasteiger partial charge in [-0.2, -0.15) is 0 Å². The first-order valence-corrected chi connectivity index (χ1v) is 25.2. The molecular weight excluding hydrogens is 901 g/mol. The summed E-state index contributed by atoms with van der Waals surface area (Å²) in [6.45, 7) is 0. The van der Waals surface area contributed by atoms with Gasteiger partial charge in [-0.25, -0.2) is 9.97 Å². The van der Waals surface area contributed by atoms with E-state index in [-0.39, 0.29) is 0 Å². The number of hydrogen-bond donors (Lipinski definition) is 0. The molecule has 6 heteroatoms. The van der Waals surface area contributed by atoms with Crippen molar-refractivity contribution >= 4 is 55.7 Å². The van der Waals surface area contributed by atoms with Crippen LogP contribution < -0.4 is 0 Å². The third kappa shape index (κ3) is 6.38. The molecule has 0 fully saturated rings. The first-order valence-electron chi connectivity index (χ1n) is 25.2. The molecule has 0 bridgehead atoms. The van der Waals surface area contributed by atoms with Crippen LogP contribution in [0.3, 0.4) is 0 Å². The van der Waals surface area contributed by atoms with Crippen molar-refractivity contribution in [2.75, 3.05) is 0 Å². The first-order chi connectivity index (χ1) is 36.8. The van der Waals surface area contributed by atoms with Gasteiger partial charge >= 0.3 is 0 Å². The van der Waals surface area contributed by atoms with E-state index < -0.39 is 0 Å². The van der Waals surface area contributed by atoms with Crippen molar-refractivity contribution in [1.82, 2.24) is 27.9 Å². The van der Waals surface area contributed by atoms with Crippen LogP contribution in [0.5, 0.6) is 0 Å². The van der Waals surface area contributed by atoms with Crippen LogP contribution in [-0.4, -0.2) is 27.9 Å². The molecule has 0 spiro atoms. The molecule has 4 heterocycles. The summed E-state index contributed by atoms with van der Waals surface area (Å²) >= 11 is 0. The average Bonchev–Trinajstić information content (AvgIpc) is 4.23. The molecule has 6 nitrogen and oxygen atoms in total.